The highest BCUT2D eigenvalue weighted by Gasteiger charge is 2.33. The number of urea groups is 1. The molecule has 90 valence electrons. The molecule has 2 N–H and O–H groups in total. The summed E-state index contributed by atoms with van der Waals surface area (Å²) < 4.78 is 0. The van der Waals surface area contributed by atoms with E-state index in [0.717, 1.165) is 19.3 Å². The van der Waals surface area contributed by atoms with Crippen LogP contribution >= 0.6 is 0 Å². The number of rotatable bonds is 5. The Morgan fingerprint density at radius 2 is 1.62 bits per heavy atom. The van der Waals surface area contributed by atoms with Gasteiger partial charge in [-0.15, -0.1) is 0 Å². The monoisotopic (exact) mass is 226 g/mol. The lowest BCUT2D eigenvalue weighted by molar-refractivity contribution is -0.136. The van der Waals surface area contributed by atoms with Crippen LogP contribution in [-0.4, -0.2) is 17.8 Å². The van der Waals surface area contributed by atoms with Crippen LogP contribution in [0.1, 0.15) is 39.5 Å². The third-order valence-corrected chi connectivity index (χ3v) is 2.63. The molecule has 4 amide bonds. The van der Waals surface area contributed by atoms with Crippen molar-refractivity contribution in [1.29, 1.82) is 0 Å². The molecule has 0 aliphatic carbocycles. The van der Waals surface area contributed by atoms with Crippen molar-refractivity contribution in [2.75, 3.05) is 0 Å². The number of hydrogen-bond acceptors (Lipinski definition) is 3. The van der Waals surface area contributed by atoms with Crippen molar-refractivity contribution in [1.82, 2.24) is 10.6 Å². The predicted molar refractivity (Wildman–Crippen MR) is 58.5 cm³/mol. The molecule has 0 saturated carbocycles. The average Bonchev–Trinajstić information content (AvgIpc) is 2.14. The normalized spacial score (nSPS) is 17.6. The summed E-state index contributed by atoms with van der Waals surface area (Å²) in [5.74, 6) is -1.02. The Labute approximate surface area is 95.0 Å². The van der Waals surface area contributed by atoms with Gasteiger partial charge in [-0.2, -0.15) is 0 Å². The van der Waals surface area contributed by atoms with Gasteiger partial charge in [0.25, 0.3) is 0 Å². The molecule has 0 radical (unpaired) electrons. The molecule has 0 bridgehead atoms. The van der Waals surface area contributed by atoms with Gasteiger partial charge in [-0.05, 0) is 12.3 Å². The van der Waals surface area contributed by atoms with E-state index in [9.17, 15) is 14.4 Å². The molecular formula is C11H18N2O3. The highest BCUT2D eigenvalue weighted by molar-refractivity contribution is 6.16. The van der Waals surface area contributed by atoms with Crippen molar-refractivity contribution in [2.45, 2.75) is 39.5 Å². The van der Waals surface area contributed by atoms with E-state index < -0.39 is 23.8 Å². The van der Waals surface area contributed by atoms with Crippen LogP contribution in [-0.2, 0) is 9.59 Å². The topological polar surface area (TPSA) is 75.3 Å². The lowest BCUT2D eigenvalue weighted by atomic mass is 9.96. The van der Waals surface area contributed by atoms with E-state index in [1.54, 1.807) is 0 Å². The summed E-state index contributed by atoms with van der Waals surface area (Å²) in [6.45, 7) is 4.28. The maximum Gasteiger partial charge on any atom is 0.328 e. The van der Waals surface area contributed by atoms with E-state index in [4.69, 9.17) is 0 Å². The summed E-state index contributed by atoms with van der Waals surface area (Å²) in [6, 6.07) is -0.714. The molecule has 0 unspecified atom stereocenters. The second-order valence-corrected chi connectivity index (χ2v) is 4.54. The zero-order valence-electron chi connectivity index (χ0n) is 9.71. The minimum atomic E-state index is -0.714. The summed E-state index contributed by atoms with van der Waals surface area (Å²) in [7, 11) is 0. The summed E-state index contributed by atoms with van der Waals surface area (Å²) in [5.41, 5.74) is 0. The maximum absolute atomic E-state index is 11.4. The van der Waals surface area contributed by atoms with Gasteiger partial charge >= 0.3 is 6.03 Å². The fourth-order valence-electron chi connectivity index (χ4n) is 1.71. The van der Waals surface area contributed by atoms with Crippen LogP contribution in [0.15, 0.2) is 0 Å². The lowest BCUT2D eigenvalue weighted by Gasteiger charge is -2.20. The van der Waals surface area contributed by atoms with E-state index in [1.807, 2.05) is 0 Å². The third kappa shape index (κ3) is 3.64. The fraction of sp³-hybridized carbons (Fsp3) is 0.727. The van der Waals surface area contributed by atoms with E-state index in [0.29, 0.717) is 12.3 Å². The molecule has 0 atom stereocenters. The molecule has 1 aliphatic rings. The summed E-state index contributed by atoms with van der Waals surface area (Å²) in [6.07, 6.45) is 3.44. The molecule has 0 spiro atoms. The van der Waals surface area contributed by atoms with Gasteiger partial charge in [0, 0.05) is 0 Å². The van der Waals surface area contributed by atoms with Crippen molar-refractivity contribution < 1.29 is 14.4 Å². The quantitative estimate of drug-likeness (QED) is 0.546. The van der Waals surface area contributed by atoms with Crippen LogP contribution < -0.4 is 10.6 Å². The van der Waals surface area contributed by atoms with Gasteiger partial charge in [0.15, 0.2) is 0 Å². The highest BCUT2D eigenvalue weighted by Crippen LogP contribution is 2.15. The fourth-order valence-corrected chi connectivity index (χ4v) is 1.71. The van der Waals surface area contributed by atoms with Gasteiger partial charge in [-0.25, -0.2) is 4.79 Å². The van der Waals surface area contributed by atoms with Crippen molar-refractivity contribution in [3.8, 4) is 0 Å². The molecule has 1 rings (SSSR count). The molecule has 0 aromatic heterocycles. The summed E-state index contributed by atoms with van der Waals surface area (Å²) in [5, 5.41) is 4.20. The van der Waals surface area contributed by atoms with Gasteiger partial charge in [-0.3, -0.25) is 20.2 Å². The number of imide groups is 2. The first-order chi connectivity index (χ1) is 7.50. The maximum atomic E-state index is 11.4. The number of carbonyl (C=O) groups is 3. The molecule has 0 aromatic rings. The molecule has 5 nitrogen and oxygen atoms in total. The van der Waals surface area contributed by atoms with Crippen molar-refractivity contribution in [3.05, 3.63) is 0 Å². The Kier molecular flexibility index (Phi) is 4.46. The number of amides is 4. The van der Waals surface area contributed by atoms with Gasteiger partial charge in [0.05, 0.1) is 0 Å². The van der Waals surface area contributed by atoms with Gasteiger partial charge in [-0.1, -0.05) is 33.1 Å². The minimum absolute atomic E-state index is 0.474. The largest absolute Gasteiger partial charge is 0.328 e. The Bertz CT molecular complexity index is 280. The molecule has 0 aromatic carbocycles. The lowest BCUT2D eigenvalue weighted by Crippen LogP contribution is -2.55. The predicted octanol–water partition coefficient (Wildman–Crippen LogP) is 1.18. The number of carbonyl (C=O) groups excluding carboxylic acids is 3. The number of barbiturate groups is 1. The zero-order valence-corrected chi connectivity index (χ0v) is 9.71. The molecule has 1 fully saturated rings. The van der Waals surface area contributed by atoms with Crippen LogP contribution in [0.4, 0.5) is 4.79 Å². The van der Waals surface area contributed by atoms with Crippen molar-refractivity contribution >= 4 is 17.8 Å². The third-order valence-electron chi connectivity index (χ3n) is 2.63. The first-order valence-corrected chi connectivity index (χ1v) is 5.66. The van der Waals surface area contributed by atoms with E-state index in [1.165, 1.54) is 0 Å². The van der Waals surface area contributed by atoms with Gasteiger partial charge in [0.1, 0.15) is 5.92 Å². The molecular weight excluding hydrogens is 208 g/mol. The molecule has 1 heterocycles. The van der Waals surface area contributed by atoms with Crippen LogP contribution in [0.5, 0.6) is 0 Å². The average molecular weight is 226 g/mol. The Balaban J connectivity index is 2.33. The van der Waals surface area contributed by atoms with Crippen molar-refractivity contribution in [3.63, 3.8) is 0 Å². The number of unbranched alkanes of at least 4 members (excludes halogenated alkanes) is 1. The zero-order chi connectivity index (χ0) is 12.1. The van der Waals surface area contributed by atoms with E-state index in [-0.39, 0.29) is 0 Å². The van der Waals surface area contributed by atoms with E-state index in [2.05, 4.69) is 24.5 Å². The molecule has 1 saturated heterocycles. The second kappa shape index (κ2) is 5.63. The Morgan fingerprint density at radius 1 is 1.06 bits per heavy atom. The summed E-state index contributed by atoms with van der Waals surface area (Å²) >= 11 is 0. The number of nitrogens with one attached hydrogen (secondary N) is 2. The molecule has 1 aliphatic heterocycles. The second-order valence-electron chi connectivity index (χ2n) is 4.54. The summed E-state index contributed by atoms with van der Waals surface area (Å²) in [4.78, 5) is 33.5. The van der Waals surface area contributed by atoms with E-state index >= 15 is 0 Å². The number of hydrogen-bond donors (Lipinski definition) is 2. The standard InChI is InChI=1S/C11H18N2O3/c1-7(2)5-3-4-6-8-9(14)12-11(16)13-10(8)15/h7-8H,3-6H2,1-2H3,(H2,12,13,14,15,16). The first-order valence-electron chi connectivity index (χ1n) is 5.66. The van der Waals surface area contributed by atoms with Crippen LogP contribution in [0.2, 0.25) is 0 Å². The van der Waals surface area contributed by atoms with Crippen LogP contribution in [0.3, 0.4) is 0 Å². The smallest absolute Gasteiger partial charge is 0.277 e. The Morgan fingerprint density at radius 3 is 2.12 bits per heavy atom. The first kappa shape index (κ1) is 12.7. The minimum Gasteiger partial charge on any atom is -0.277 e. The van der Waals surface area contributed by atoms with Gasteiger partial charge < -0.3 is 0 Å². The highest BCUT2D eigenvalue weighted by atomic mass is 16.2. The van der Waals surface area contributed by atoms with Crippen LogP contribution in [0, 0.1) is 11.8 Å². The molecule has 5 heteroatoms. The molecule has 16 heavy (non-hydrogen) atoms. The SMILES string of the molecule is CC(C)CCCCC1C(=O)NC(=O)NC1=O. The van der Waals surface area contributed by atoms with Crippen molar-refractivity contribution in [2.24, 2.45) is 11.8 Å². The van der Waals surface area contributed by atoms with Crippen LogP contribution in [0.25, 0.3) is 0 Å². The van der Waals surface area contributed by atoms with Gasteiger partial charge in [0.2, 0.25) is 11.8 Å². The Hall–Kier alpha value is -1.39.